The van der Waals surface area contributed by atoms with E-state index in [9.17, 15) is 14.7 Å². The predicted molar refractivity (Wildman–Crippen MR) is 157 cm³/mol. The SMILES string of the molecule is CCCCN(CCCN(C)C)C(=O)CN1CC(c2ccc3c(c2)OCO3)C(C(=O)O)C1CCc1cccc2c1OCO2. The molecule has 5 rings (SSSR count). The van der Waals surface area contributed by atoms with E-state index >= 15 is 0 Å². The summed E-state index contributed by atoms with van der Waals surface area (Å²) in [6.45, 7) is 5.43. The third kappa shape index (κ3) is 6.76. The lowest BCUT2D eigenvalue weighted by Gasteiger charge is -2.30. The maximum absolute atomic E-state index is 13.8. The van der Waals surface area contributed by atoms with Gasteiger partial charge in [0, 0.05) is 31.6 Å². The highest BCUT2D eigenvalue weighted by atomic mass is 16.7. The molecule has 0 radical (unpaired) electrons. The van der Waals surface area contributed by atoms with E-state index in [1.54, 1.807) is 0 Å². The summed E-state index contributed by atoms with van der Waals surface area (Å²) >= 11 is 0. The number of aliphatic carboxylic acids is 1. The number of hydrogen-bond donors (Lipinski definition) is 1. The van der Waals surface area contributed by atoms with Crippen LogP contribution in [0.25, 0.3) is 0 Å². The molecule has 228 valence electrons. The smallest absolute Gasteiger partial charge is 0.308 e. The van der Waals surface area contributed by atoms with Crippen molar-refractivity contribution in [3.8, 4) is 23.0 Å². The average Bonchev–Trinajstić information content (AvgIpc) is 3.71. The van der Waals surface area contributed by atoms with Gasteiger partial charge in [0.15, 0.2) is 23.0 Å². The van der Waals surface area contributed by atoms with Crippen LogP contribution < -0.4 is 18.9 Å². The van der Waals surface area contributed by atoms with Crippen molar-refractivity contribution >= 4 is 11.9 Å². The van der Waals surface area contributed by atoms with Gasteiger partial charge < -0.3 is 33.9 Å². The lowest BCUT2D eigenvalue weighted by atomic mass is 9.83. The molecular weight excluding hydrogens is 538 g/mol. The molecule has 1 amide bonds. The molecule has 1 N–H and O–H groups in total. The third-order valence-corrected chi connectivity index (χ3v) is 8.55. The lowest BCUT2D eigenvalue weighted by molar-refractivity contribution is -0.143. The van der Waals surface area contributed by atoms with Gasteiger partial charge in [-0.15, -0.1) is 0 Å². The van der Waals surface area contributed by atoms with Crippen molar-refractivity contribution in [1.82, 2.24) is 14.7 Å². The largest absolute Gasteiger partial charge is 0.481 e. The van der Waals surface area contributed by atoms with Crippen LogP contribution in [0.4, 0.5) is 0 Å². The number of fused-ring (bicyclic) bond motifs is 2. The summed E-state index contributed by atoms with van der Waals surface area (Å²) in [5, 5.41) is 10.6. The molecule has 42 heavy (non-hydrogen) atoms. The van der Waals surface area contributed by atoms with E-state index in [4.69, 9.17) is 18.9 Å². The van der Waals surface area contributed by atoms with Crippen LogP contribution in [0.2, 0.25) is 0 Å². The number of ether oxygens (including phenoxy) is 4. The van der Waals surface area contributed by atoms with E-state index in [0.717, 1.165) is 42.7 Å². The molecule has 10 heteroatoms. The first-order valence-corrected chi connectivity index (χ1v) is 15.0. The number of carboxylic acids is 1. The van der Waals surface area contributed by atoms with Crippen LogP contribution in [0, 0.1) is 5.92 Å². The van der Waals surface area contributed by atoms with Gasteiger partial charge >= 0.3 is 5.97 Å². The highest BCUT2D eigenvalue weighted by Gasteiger charge is 2.47. The van der Waals surface area contributed by atoms with Gasteiger partial charge in [0.25, 0.3) is 0 Å². The average molecular weight is 582 g/mol. The van der Waals surface area contributed by atoms with Gasteiger partial charge in [-0.3, -0.25) is 14.5 Å². The molecule has 3 aliphatic rings. The van der Waals surface area contributed by atoms with Crippen LogP contribution in [-0.4, -0.2) is 98.1 Å². The second-order valence-corrected chi connectivity index (χ2v) is 11.7. The van der Waals surface area contributed by atoms with Crippen LogP contribution in [0.3, 0.4) is 0 Å². The summed E-state index contributed by atoms with van der Waals surface area (Å²) in [7, 11) is 4.07. The van der Waals surface area contributed by atoms with Gasteiger partial charge in [0.2, 0.25) is 19.5 Å². The fraction of sp³-hybridized carbons (Fsp3) is 0.562. The molecule has 3 aliphatic heterocycles. The number of likely N-dealkylation sites (tertiary alicyclic amines) is 1. The number of para-hydroxylation sites is 1. The lowest BCUT2D eigenvalue weighted by Crippen LogP contribution is -2.45. The first-order chi connectivity index (χ1) is 20.4. The molecule has 1 saturated heterocycles. The topological polar surface area (TPSA) is 101 Å². The zero-order chi connectivity index (χ0) is 29.6. The van der Waals surface area contributed by atoms with Gasteiger partial charge in [-0.2, -0.15) is 0 Å². The Bertz CT molecular complexity index is 1250. The summed E-state index contributed by atoms with van der Waals surface area (Å²) in [4.78, 5) is 32.9. The summed E-state index contributed by atoms with van der Waals surface area (Å²) in [5.41, 5.74) is 1.87. The Kier molecular flexibility index (Phi) is 9.74. The van der Waals surface area contributed by atoms with Crippen LogP contribution in [0.1, 0.15) is 49.7 Å². The van der Waals surface area contributed by atoms with E-state index in [2.05, 4.69) is 16.7 Å². The molecule has 3 unspecified atom stereocenters. The van der Waals surface area contributed by atoms with Crippen molar-refractivity contribution in [3.05, 3.63) is 47.5 Å². The predicted octanol–water partition coefficient (Wildman–Crippen LogP) is 3.83. The first kappa shape index (κ1) is 30.0. The Morgan fingerprint density at radius 2 is 1.71 bits per heavy atom. The minimum absolute atomic E-state index is 0.0556. The van der Waals surface area contributed by atoms with Crippen LogP contribution in [-0.2, 0) is 16.0 Å². The molecule has 2 aromatic rings. The van der Waals surface area contributed by atoms with Gasteiger partial charge in [-0.1, -0.05) is 31.5 Å². The maximum atomic E-state index is 13.8. The van der Waals surface area contributed by atoms with Crippen LogP contribution in [0.15, 0.2) is 36.4 Å². The number of nitrogens with zero attached hydrogens (tertiary/aromatic N) is 3. The van der Waals surface area contributed by atoms with Gasteiger partial charge in [-0.25, -0.2) is 0 Å². The fourth-order valence-electron chi connectivity index (χ4n) is 6.39. The Morgan fingerprint density at radius 3 is 2.50 bits per heavy atom. The van der Waals surface area contributed by atoms with E-state index in [0.29, 0.717) is 49.7 Å². The number of carbonyl (C=O) groups excluding carboxylic acids is 1. The molecule has 0 spiro atoms. The number of carboxylic acid groups (broad SMARTS) is 1. The van der Waals surface area contributed by atoms with Crippen molar-refractivity contribution in [3.63, 3.8) is 0 Å². The first-order valence-electron chi connectivity index (χ1n) is 15.0. The van der Waals surface area contributed by atoms with Gasteiger partial charge in [-0.05, 0) is 75.6 Å². The zero-order valence-corrected chi connectivity index (χ0v) is 24.9. The molecule has 0 aromatic heterocycles. The minimum Gasteiger partial charge on any atom is -0.481 e. The number of hydrogen-bond acceptors (Lipinski definition) is 8. The number of carbonyl (C=O) groups is 2. The zero-order valence-electron chi connectivity index (χ0n) is 24.9. The summed E-state index contributed by atoms with van der Waals surface area (Å²) < 4.78 is 22.4. The van der Waals surface area contributed by atoms with Crippen molar-refractivity contribution in [2.45, 2.75) is 51.0 Å². The summed E-state index contributed by atoms with van der Waals surface area (Å²) in [6.07, 6.45) is 4.02. The quantitative estimate of drug-likeness (QED) is 0.357. The minimum atomic E-state index is -0.857. The molecule has 0 saturated carbocycles. The monoisotopic (exact) mass is 581 g/mol. The fourth-order valence-corrected chi connectivity index (χ4v) is 6.39. The number of benzene rings is 2. The van der Waals surface area contributed by atoms with E-state index in [-0.39, 0.29) is 38.0 Å². The highest BCUT2D eigenvalue weighted by Crippen LogP contribution is 2.44. The van der Waals surface area contributed by atoms with Crippen molar-refractivity contribution in [2.24, 2.45) is 5.92 Å². The second-order valence-electron chi connectivity index (χ2n) is 11.7. The van der Waals surface area contributed by atoms with Gasteiger partial charge in [0.1, 0.15) is 0 Å². The number of unbranched alkanes of at least 4 members (excludes halogenated alkanes) is 1. The normalized spacial score (nSPS) is 20.8. The molecule has 10 nitrogen and oxygen atoms in total. The third-order valence-electron chi connectivity index (χ3n) is 8.55. The van der Waals surface area contributed by atoms with E-state index < -0.39 is 11.9 Å². The molecule has 0 aliphatic carbocycles. The summed E-state index contributed by atoms with van der Waals surface area (Å²) in [6, 6.07) is 11.2. The Hall–Kier alpha value is -3.50. The van der Waals surface area contributed by atoms with Crippen molar-refractivity contribution in [2.75, 3.05) is 60.4 Å². The van der Waals surface area contributed by atoms with Crippen molar-refractivity contribution < 1.29 is 33.6 Å². The molecule has 3 heterocycles. The van der Waals surface area contributed by atoms with E-state index in [1.165, 1.54) is 0 Å². The standard InChI is InChI=1S/C32H43N3O7/c1-4-5-15-34(16-7-14-33(2)3)29(36)19-35-18-24(23-11-13-26-28(17-23)41-20-39-26)30(32(37)38)25(35)12-10-22-8-6-9-27-31(22)42-21-40-27/h6,8-9,11,13,17,24-25,30H,4-5,7,10,12,14-16,18-21H2,1-3H3,(H,37,38). The number of rotatable bonds is 14. The summed E-state index contributed by atoms with van der Waals surface area (Å²) in [5.74, 6) is 0.943. The number of aryl methyl sites for hydroxylation is 1. The Balaban J connectivity index is 1.39. The highest BCUT2D eigenvalue weighted by molar-refractivity contribution is 5.79. The molecular formula is C32H43N3O7. The van der Waals surface area contributed by atoms with Crippen LogP contribution in [0.5, 0.6) is 23.0 Å². The Labute approximate surface area is 248 Å². The maximum Gasteiger partial charge on any atom is 0.308 e. The van der Waals surface area contributed by atoms with Gasteiger partial charge in [0.05, 0.1) is 12.5 Å². The second kappa shape index (κ2) is 13.6. The Morgan fingerprint density at radius 1 is 0.952 bits per heavy atom. The van der Waals surface area contributed by atoms with E-state index in [1.807, 2.05) is 55.4 Å². The molecule has 3 atom stereocenters. The number of amides is 1. The van der Waals surface area contributed by atoms with Crippen molar-refractivity contribution in [1.29, 1.82) is 0 Å². The van der Waals surface area contributed by atoms with Crippen LogP contribution >= 0.6 is 0 Å². The molecule has 2 aromatic carbocycles. The molecule has 0 bridgehead atoms. The molecule has 1 fully saturated rings.